The zero-order valence-electron chi connectivity index (χ0n) is 34.4. The summed E-state index contributed by atoms with van der Waals surface area (Å²) in [6.07, 6.45) is 4.84. The van der Waals surface area contributed by atoms with Gasteiger partial charge in [-0.1, -0.05) is 78.6 Å². The van der Waals surface area contributed by atoms with E-state index in [1.807, 2.05) is 11.2 Å². The van der Waals surface area contributed by atoms with Crippen molar-refractivity contribution in [2.24, 2.45) is 0 Å². The minimum Gasteiger partial charge on any atom is -0.475 e. The van der Waals surface area contributed by atoms with Crippen LogP contribution in [0.3, 0.4) is 0 Å². The van der Waals surface area contributed by atoms with Gasteiger partial charge >= 0.3 is 6.09 Å². The fourth-order valence-corrected chi connectivity index (χ4v) is 15.1. The molecule has 0 saturated carbocycles. The zero-order chi connectivity index (χ0) is 40.8. The van der Waals surface area contributed by atoms with Gasteiger partial charge in [-0.2, -0.15) is 0 Å². The first-order valence-corrected chi connectivity index (χ1v) is 23.5. The number of hydrogen-bond donors (Lipinski definition) is 0. The molecule has 3 aliphatic heterocycles. The first-order valence-electron chi connectivity index (χ1n) is 20.1. The van der Waals surface area contributed by atoms with Crippen molar-refractivity contribution in [3.63, 3.8) is 0 Å². The Hall–Kier alpha value is -4.19. The summed E-state index contributed by atoms with van der Waals surface area (Å²) in [6, 6.07) is 5.92. The Morgan fingerprint density at radius 2 is 1.79 bits per heavy atom. The van der Waals surface area contributed by atoms with Crippen LogP contribution in [0, 0.1) is 23.1 Å². The lowest BCUT2D eigenvalue weighted by atomic mass is 9.95. The fourth-order valence-electron chi connectivity index (χ4n) is 9.53. The highest BCUT2D eigenvalue weighted by Crippen LogP contribution is 2.47. The Kier molecular flexibility index (Phi) is 11.9. The highest BCUT2D eigenvalue weighted by molar-refractivity contribution is 7.98. The maximum Gasteiger partial charge on any atom is 0.410 e. The van der Waals surface area contributed by atoms with Gasteiger partial charge in [-0.15, -0.1) is 5.54 Å². The van der Waals surface area contributed by atoms with Crippen LogP contribution in [0.15, 0.2) is 29.4 Å². The molecule has 2 bridgehead atoms. The molecule has 2 fully saturated rings. The molecule has 2 aromatic heterocycles. The second-order valence-corrected chi connectivity index (χ2v) is 22.6. The number of carbonyl (C=O) groups excluding carboxylic acids is 1. The Labute approximate surface area is 339 Å². The van der Waals surface area contributed by atoms with E-state index in [4.69, 9.17) is 33.9 Å². The van der Waals surface area contributed by atoms with Gasteiger partial charge in [0.15, 0.2) is 17.8 Å². The molecule has 2 saturated heterocycles. The van der Waals surface area contributed by atoms with Crippen LogP contribution in [0.25, 0.3) is 32.9 Å². The molecule has 0 spiro atoms. The number of unbranched alkanes of at least 4 members (excludes halogenated alkanes) is 1. The summed E-state index contributed by atoms with van der Waals surface area (Å²) in [5, 5.41) is 1.77. The number of aromatic nitrogens is 3. The van der Waals surface area contributed by atoms with Gasteiger partial charge in [0.1, 0.15) is 48.7 Å². The summed E-state index contributed by atoms with van der Waals surface area (Å²) in [5.41, 5.74) is 5.08. The van der Waals surface area contributed by atoms with Crippen LogP contribution in [-0.2, 0) is 9.47 Å². The average Bonchev–Trinajstić information content (AvgIpc) is 3.42. The standard InChI is InChI=1S/C43H53F2N5O5SSi/c1-10-11-17-53-43(51)50-28-13-15-33(50)34-22-54-41-36-39(47-42(56-9)48-40(36)49(34)21-28)37(45)38(46-41)31-20-29(55-23-52-8)19-27-12-14-32(44)30(35(27)31)16-18-57(24(2)3,25(4)5)26(6)7/h12,14,19-20,24-26,28,33-34H,10-11,13,15,17,21-23H2,1-9H3/t28-,33+,34?/m1/s1. The van der Waals surface area contributed by atoms with Crippen molar-refractivity contribution in [1.29, 1.82) is 0 Å². The molecule has 1 amide bonds. The van der Waals surface area contributed by atoms with E-state index in [-0.39, 0.29) is 60.3 Å². The van der Waals surface area contributed by atoms with Crippen molar-refractivity contribution in [3.8, 4) is 34.4 Å². The van der Waals surface area contributed by atoms with Crippen molar-refractivity contribution >= 4 is 53.4 Å². The molecular formula is C43H53F2N5O5SSi. The van der Waals surface area contributed by atoms with Gasteiger partial charge in [0.2, 0.25) is 5.88 Å². The molecule has 14 heteroatoms. The number of nitrogens with zero attached hydrogens (tertiary/aromatic N) is 5. The van der Waals surface area contributed by atoms with Crippen LogP contribution in [0.5, 0.6) is 11.6 Å². The lowest BCUT2D eigenvalue weighted by Crippen LogP contribution is -2.63. The number of hydrogen-bond acceptors (Lipinski definition) is 10. The number of methoxy groups -OCH3 is 1. The predicted molar refractivity (Wildman–Crippen MR) is 224 cm³/mol. The van der Waals surface area contributed by atoms with E-state index in [9.17, 15) is 4.79 Å². The monoisotopic (exact) mass is 817 g/mol. The van der Waals surface area contributed by atoms with Crippen molar-refractivity contribution in [1.82, 2.24) is 19.9 Å². The number of thioether (sulfide) groups is 1. The van der Waals surface area contributed by atoms with E-state index in [0.717, 1.165) is 25.7 Å². The number of pyridine rings is 1. The minimum atomic E-state index is -2.30. The molecule has 0 radical (unpaired) electrons. The lowest BCUT2D eigenvalue weighted by molar-refractivity contribution is 0.0512. The topological polar surface area (TPSA) is 99.1 Å². The minimum absolute atomic E-state index is 0.0463. The van der Waals surface area contributed by atoms with E-state index < -0.39 is 19.7 Å². The number of ether oxygens (including phenoxy) is 4. The van der Waals surface area contributed by atoms with Gasteiger partial charge in [0.05, 0.1) is 30.3 Å². The molecular weight excluding hydrogens is 765 g/mol. The molecule has 5 heterocycles. The number of halogens is 2. The molecule has 7 rings (SSSR count). The quantitative estimate of drug-likeness (QED) is 0.0363. The van der Waals surface area contributed by atoms with Crippen molar-refractivity contribution in [3.05, 3.63) is 41.5 Å². The predicted octanol–water partition coefficient (Wildman–Crippen LogP) is 9.75. The first-order chi connectivity index (χ1) is 27.4. The van der Waals surface area contributed by atoms with Gasteiger partial charge < -0.3 is 23.8 Å². The summed E-state index contributed by atoms with van der Waals surface area (Å²) in [6.45, 7) is 16.3. The van der Waals surface area contributed by atoms with Crippen LogP contribution >= 0.6 is 11.8 Å². The maximum atomic E-state index is 17.6. The van der Waals surface area contributed by atoms with Gasteiger partial charge in [-0.05, 0) is 65.7 Å². The number of amides is 1. The summed E-state index contributed by atoms with van der Waals surface area (Å²) >= 11 is 1.31. The second-order valence-electron chi connectivity index (χ2n) is 16.2. The summed E-state index contributed by atoms with van der Waals surface area (Å²) in [7, 11) is -0.782. The Morgan fingerprint density at radius 3 is 2.47 bits per heavy atom. The molecule has 0 aliphatic carbocycles. The van der Waals surface area contributed by atoms with Crippen molar-refractivity contribution in [2.75, 3.05) is 44.8 Å². The maximum absolute atomic E-state index is 17.6. The molecule has 3 atom stereocenters. The zero-order valence-corrected chi connectivity index (χ0v) is 36.2. The fraction of sp³-hybridized carbons (Fsp3) is 0.535. The van der Waals surface area contributed by atoms with E-state index in [2.05, 4.69) is 64.8 Å². The smallest absolute Gasteiger partial charge is 0.410 e. The summed E-state index contributed by atoms with van der Waals surface area (Å²) in [5.74, 6) is 3.21. The van der Waals surface area contributed by atoms with Gasteiger partial charge in [0.25, 0.3) is 0 Å². The number of anilines is 1. The molecule has 0 N–H and O–H groups in total. The number of fused-ring (bicyclic) bond motifs is 6. The highest BCUT2D eigenvalue weighted by Gasteiger charge is 2.51. The lowest BCUT2D eigenvalue weighted by Gasteiger charge is -2.45. The largest absolute Gasteiger partial charge is 0.475 e. The SMILES string of the molecule is CCCCOC(=O)N1[C@@H]2CC[C@H]1C1COc3nc(-c4cc(OCOC)cc5ccc(F)c(C#C[Si](C(C)C)(C(C)C)C(C)C)c45)c(F)c4nc(SC)nc(c34)N1C2. The summed E-state index contributed by atoms with van der Waals surface area (Å²) in [4.78, 5) is 32.0. The normalized spacial score (nSPS) is 18.9. The van der Waals surface area contributed by atoms with Crippen molar-refractivity contribution < 1.29 is 32.5 Å². The van der Waals surface area contributed by atoms with Gasteiger partial charge in [-0.3, -0.25) is 4.90 Å². The van der Waals surface area contributed by atoms with E-state index in [1.165, 1.54) is 24.9 Å². The molecule has 10 nitrogen and oxygen atoms in total. The van der Waals surface area contributed by atoms with Gasteiger partial charge in [0, 0.05) is 24.6 Å². The molecule has 304 valence electrons. The molecule has 1 unspecified atom stereocenters. The number of rotatable bonds is 11. The van der Waals surface area contributed by atoms with Gasteiger partial charge in [-0.25, -0.2) is 28.5 Å². The number of piperazine rings is 1. The second kappa shape index (κ2) is 16.6. The molecule has 57 heavy (non-hydrogen) atoms. The van der Waals surface area contributed by atoms with Crippen molar-refractivity contribution in [2.45, 2.75) is 114 Å². The average molecular weight is 818 g/mol. The van der Waals surface area contributed by atoms with Crippen LogP contribution in [-0.4, -0.2) is 92.1 Å². The van der Waals surface area contributed by atoms with Crippen LogP contribution in [0.4, 0.5) is 19.4 Å². The molecule has 3 aliphatic rings. The van der Waals surface area contributed by atoms with E-state index in [0.29, 0.717) is 68.2 Å². The number of carbonyl (C=O) groups is 1. The number of benzene rings is 2. The first kappa shape index (κ1) is 41.0. The summed E-state index contributed by atoms with van der Waals surface area (Å²) < 4.78 is 57.2. The van der Waals surface area contributed by atoms with Crippen LogP contribution < -0.4 is 14.4 Å². The van der Waals surface area contributed by atoms with Crippen LogP contribution in [0.1, 0.15) is 79.7 Å². The molecule has 2 aromatic carbocycles. The third-order valence-electron chi connectivity index (χ3n) is 12.2. The third-order valence-corrected chi connectivity index (χ3v) is 19.0. The van der Waals surface area contributed by atoms with E-state index >= 15 is 8.78 Å². The Bertz CT molecular complexity index is 2230. The van der Waals surface area contributed by atoms with Crippen LogP contribution in [0.2, 0.25) is 16.6 Å². The highest BCUT2D eigenvalue weighted by atomic mass is 32.2. The Morgan fingerprint density at radius 1 is 1.04 bits per heavy atom. The third kappa shape index (κ3) is 7.18. The molecule has 4 aromatic rings. The Balaban J connectivity index is 1.43. The van der Waals surface area contributed by atoms with E-state index in [1.54, 1.807) is 18.2 Å².